The first-order valence-electron chi connectivity index (χ1n) is 21.2. The van der Waals surface area contributed by atoms with Gasteiger partial charge in [-0.1, -0.05) is 35.7 Å². The lowest BCUT2D eigenvalue weighted by Gasteiger charge is -2.47. The Labute approximate surface area is 365 Å². The number of aromatic nitrogens is 3. The predicted molar refractivity (Wildman–Crippen MR) is 237 cm³/mol. The molecule has 1 saturated carbocycles. The number of pyridine rings is 2. The average Bonchev–Trinajstić information content (AvgIpc) is 3.74. The Morgan fingerprint density at radius 3 is 2.55 bits per heavy atom. The molecule has 2 saturated heterocycles. The van der Waals surface area contributed by atoms with E-state index in [1.165, 1.54) is 66.8 Å². The summed E-state index contributed by atoms with van der Waals surface area (Å²) in [4.78, 5) is 41.7. The summed E-state index contributed by atoms with van der Waals surface area (Å²) in [6, 6.07) is 18.6. The molecule has 3 aromatic heterocycles. The predicted octanol–water partition coefficient (Wildman–Crippen LogP) is 8.20. The Balaban J connectivity index is 0.926. The number of ether oxygens (including phenoxy) is 2. The third-order valence-corrected chi connectivity index (χ3v) is 14.5. The number of H-pyrrole nitrogens is 1. The zero-order valence-corrected chi connectivity index (χ0v) is 35.8. The molecule has 1 amide bonds. The number of anilines is 2. The molecule has 324 valence electrons. The second-order valence-corrected chi connectivity index (χ2v) is 19.0. The fourth-order valence-corrected chi connectivity index (χ4v) is 10.3. The van der Waals surface area contributed by atoms with Crippen LogP contribution in [0, 0.1) is 21.4 Å². The molecule has 5 aromatic rings. The maximum atomic E-state index is 13.9. The number of nitro groups is 1. The van der Waals surface area contributed by atoms with Gasteiger partial charge in [-0.3, -0.25) is 19.8 Å². The molecule has 62 heavy (non-hydrogen) atoms. The summed E-state index contributed by atoms with van der Waals surface area (Å²) in [6.45, 7) is 5.56. The Kier molecular flexibility index (Phi) is 11.9. The Morgan fingerprint density at radius 1 is 1.02 bits per heavy atom. The lowest BCUT2D eigenvalue weighted by atomic mass is 9.59. The average molecular weight is 881 g/mol. The van der Waals surface area contributed by atoms with E-state index < -0.39 is 31.4 Å². The smallest absolute Gasteiger partial charge is 0.293 e. The first-order chi connectivity index (χ1) is 30.0. The van der Waals surface area contributed by atoms with Gasteiger partial charge in [0.25, 0.3) is 21.6 Å². The van der Waals surface area contributed by atoms with Gasteiger partial charge in [-0.25, -0.2) is 18.1 Å². The number of halogens is 1. The molecule has 4 aliphatic rings. The van der Waals surface area contributed by atoms with E-state index in [2.05, 4.69) is 41.9 Å². The van der Waals surface area contributed by atoms with Crippen molar-refractivity contribution in [1.29, 1.82) is 0 Å². The van der Waals surface area contributed by atoms with Crippen LogP contribution in [0.1, 0.15) is 67.3 Å². The van der Waals surface area contributed by atoms with Crippen LogP contribution in [0.4, 0.5) is 17.2 Å². The highest BCUT2D eigenvalue weighted by molar-refractivity contribution is 7.90. The Bertz CT molecular complexity index is 2620. The lowest BCUT2D eigenvalue weighted by molar-refractivity contribution is -0.384. The van der Waals surface area contributed by atoms with Crippen molar-refractivity contribution in [2.45, 2.75) is 56.3 Å². The van der Waals surface area contributed by atoms with Crippen molar-refractivity contribution >= 4 is 61.3 Å². The maximum Gasteiger partial charge on any atom is 0.293 e. The highest BCUT2D eigenvalue weighted by Gasteiger charge is 2.41. The lowest BCUT2D eigenvalue weighted by Crippen LogP contribution is -2.47. The summed E-state index contributed by atoms with van der Waals surface area (Å²) in [5.74, 6) is 0.0118. The van der Waals surface area contributed by atoms with E-state index in [9.17, 15) is 23.3 Å². The van der Waals surface area contributed by atoms with Gasteiger partial charge in [-0.2, -0.15) is 4.98 Å². The summed E-state index contributed by atoms with van der Waals surface area (Å²) in [5.41, 5.74) is 4.94. The molecule has 0 atom stereocenters. The van der Waals surface area contributed by atoms with Gasteiger partial charge in [0.1, 0.15) is 28.5 Å². The largest absolute Gasteiger partial charge is 0.436 e. The van der Waals surface area contributed by atoms with Gasteiger partial charge in [0.15, 0.2) is 0 Å². The summed E-state index contributed by atoms with van der Waals surface area (Å²) < 4.78 is 41.0. The quantitative estimate of drug-likeness (QED) is 0.0762. The number of aromatic amines is 1. The second kappa shape index (κ2) is 17.7. The number of hydrogen-bond acceptors (Lipinski definition) is 12. The van der Waals surface area contributed by atoms with E-state index in [0.717, 1.165) is 61.8 Å². The number of nitrogens with one attached hydrogen (secondary N) is 3. The second-order valence-electron chi connectivity index (χ2n) is 16.9. The van der Waals surface area contributed by atoms with Crippen LogP contribution in [-0.4, -0.2) is 91.6 Å². The highest BCUT2D eigenvalue weighted by Crippen LogP contribution is 2.55. The van der Waals surface area contributed by atoms with E-state index in [0.29, 0.717) is 55.5 Å². The molecule has 0 radical (unpaired) electrons. The molecule has 2 aliphatic heterocycles. The van der Waals surface area contributed by atoms with Crippen LogP contribution in [0.3, 0.4) is 0 Å². The Morgan fingerprint density at radius 2 is 1.81 bits per heavy atom. The van der Waals surface area contributed by atoms with Gasteiger partial charge in [0.05, 0.1) is 16.0 Å². The number of carbonyl (C=O) groups is 1. The van der Waals surface area contributed by atoms with Crippen LogP contribution >= 0.6 is 11.6 Å². The van der Waals surface area contributed by atoms with Crippen molar-refractivity contribution < 1.29 is 27.6 Å². The number of nitro benzene ring substituents is 1. The zero-order valence-electron chi connectivity index (χ0n) is 34.3. The van der Waals surface area contributed by atoms with Gasteiger partial charge in [0, 0.05) is 75.2 Å². The van der Waals surface area contributed by atoms with E-state index in [1.54, 1.807) is 18.3 Å². The molecule has 0 unspecified atom stereocenters. The normalized spacial score (nSPS) is 18.4. The van der Waals surface area contributed by atoms with E-state index in [-0.39, 0.29) is 23.0 Å². The van der Waals surface area contributed by atoms with Gasteiger partial charge in [-0.05, 0) is 116 Å². The molecule has 3 N–H and O–H groups in total. The van der Waals surface area contributed by atoms with E-state index in [1.807, 2.05) is 18.2 Å². The molecule has 17 heteroatoms. The molecular weight excluding hydrogens is 832 g/mol. The molecule has 3 fully saturated rings. The van der Waals surface area contributed by atoms with Crippen molar-refractivity contribution in [1.82, 2.24) is 24.6 Å². The van der Waals surface area contributed by atoms with Gasteiger partial charge in [0.2, 0.25) is 5.88 Å². The number of allylic oxidation sites excluding steroid dienone is 1. The van der Waals surface area contributed by atoms with E-state index >= 15 is 0 Å². The topological polar surface area (TPSA) is 185 Å². The monoisotopic (exact) mass is 880 g/mol. The number of piperazine rings is 1. The number of carbonyl (C=O) groups excluding carboxylic acids is 1. The first kappa shape index (κ1) is 41.8. The minimum absolute atomic E-state index is 0.113. The fraction of sp³-hybridized carbons (Fsp3) is 0.400. The molecule has 2 aliphatic carbocycles. The number of amides is 1. The van der Waals surface area contributed by atoms with Crippen LogP contribution in [-0.2, 0) is 14.8 Å². The summed E-state index contributed by atoms with van der Waals surface area (Å²) >= 11 is 6.27. The summed E-state index contributed by atoms with van der Waals surface area (Å²) in [6.07, 6.45) is 12.2. The zero-order chi connectivity index (χ0) is 42.8. The summed E-state index contributed by atoms with van der Waals surface area (Å²) in [7, 11) is -4.58. The number of nitrogens with zero attached hydrogens (tertiary/aromatic N) is 5. The standard InChI is InChI=1S/C45H49ClN8O7S/c46-34-4-2-31(3-5-34)38-26-45(14-1-15-45)16-10-33(38)29-52-18-20-53(21-19-52)41-9-7-37(44(50-41)61-35-24-32-11-17-47-42(32)49-28-35)43(55)51-62(58,59)36-6-8-39(40(25-36)54(56)57)48-27-30-12-22-60-23-13-30/h2-9,11,17,24-25,28,30,48H,1,10,12-16,18-23,26-27,29H2,(H,47,49)(H,51,55). The van der Waals surface area contributed by atoms with Gasteiger partial charge in [-0.15, -0.1) is 0 Å². The molecule has 15 nitrogen and oxygen atoms in total. The van der Waals surface area contributed by atoms with Gasteiger partial charge < -0.3 is 24.7 Å². The molecule has 5 heterocycles. The molecule has 2 aromatic carbocycles. The van der Waals surface area contributed by atoms with Crippen LogP contribution in [0.25, 0.3) is 16.6 Å². The van der Waals surface area contributed by atoms with Crippen molar-refractivity contribution in [3.8, 4) is 11.6 Å². The van der Waals surface area contributed by atoms with Crippen molar-refractivity contribution in [2.24, 2.45) is 11.3 Å². The van der Waals surface area contributed by atoms with Crippen LogP contribution in [0.2, 0.25) is 5.02 Å². The van der Waals surface area contributed by atoms with Crippen LogP contribution in [0.15, 0.2) is 89.6 Å². The number of sulfonamides is 1. The number of benzene rings is 2. The third kappa shape index (κ3) is 9.14. The van der Waals surface area contributed by atoms with Crippen LogP contribution in [0.5, 0.6) is 11.6 Å². The van der Waals surface area contributed by atoms with E-state index in [4.69, 9.17) is 26.1 Å². The summed E-state index contributed by atoms with van der Waals surface area (Å²) in [5, 5.41) is 16.7. The number of fused-ring (bicyclic) bond motifs is 1. The van der Waals surface area contributed by atoms with Crippen molar-refractivity contribution in [2.75, 3.05) is 62.7 Å². The fourth-order valence-electron chi connectivity index (χ4n) is 9.16. The molecule has 0 bridgehead atoms. The molecular formula is C45H49ClN8O7S. The molecule has 1 spiro atoms. The van der Waals surface area contributed by atoms with Crippen LogP contribution < -0.4 is 19.7 Å². The SMILES string of the molecule is O=C(NS(=O)(=O)c1ccc(NCC2CCOCC2)c([N+](=O)[O-])c1)c1ccc(N2CCN(CC3=C(c4ccc(Cl)cc4)CC4(CCC4)CC3)CC2)nc1Oc1cnc2[nH]ccc2c1. The molecule has 9 rings (SSSR count). The van der Waals surface area contributed by atoms with Crippen molar-refractivity contribution in [3.05, 3.63) is 111 Å². The number of rotatable bonds is 13. The minimum atomic E-state index is -4.58. The number of hydrogen-bond donors (Lipinski definition) is 3. The maximum absolute atomic E-state index is 13.9. The Hall–Kier alpha value is -5.55. The van der Waals surface area contributed by atoms with Gasteiger partial charge >= 0.3 is 0 Å². The first-order valence-corrected chi connectivity index (χ1v) is 23.1. The van der Waals surface area contributed by atoms with Crippen molar-refractivity contribution in [3.63, 3.8) is 0 Å². The third-order valence-electron chi connectivity index (χ3n) is 13.0. The minimum Gasteiger partial charge on any atom is -0.436 e. The highest BCUT2D eigenvalue weighted by atomic mass is 35.5.